The van der Waals surface area contributed by atoms with Gasteiger partial charge in [-0.2, -0.15) is 17.6 Å². The topological polar surface area (TPSA) is 9.23 Å². The predicted molar refractivity (Wildman–Crippen MR) is 142 cm³/mol. The highest BCUT2D eigenvalue weighted by atomic mass is 19.3. The molecule has 1 saturated carbocycles. The molecule has 39 heavy (non-hydrogen) atoms. The van der Waals surface area contributed by atoms with Crippen LogP contribution in [0.25, 0.3) is 5.57 Å². The number of halogens is 6. The van der Waals surface area contributed by atoms with Gasteiger partial charge >= 0.3 is 6.11 Å². The lowest BCUT2D eigenvalue weighted by Gasteiger charge is -2.35. The Morgan fingerprint density at radius 1 is 0.949 bits per heavy atom. The van der Waals surface area contributed by atoms with Gasteiger partial charge in [0, 0.05) is 0 Å². The van der Waals surface area contributed by atoms with Crippen LogP contribution < -0.4 is 4.74 Å². The Morgan fingerprint density at radius 2 is 1.62 bits per heavy atom. The molecule has 0 bridgehead atoms. The smallest absolute Gasteiger partial charge is 0.423 e. The number of alkyl halides is 2. The van der Waals surface area contributed by atoms with Gasteiger partial charge in [-0.15, -0.1) is 0 Å². The summed E-state index contributed by atoms with van der Waals surface area (Å²) in [4.78, 5) is 0. The number of hydrogen-bond acceptors (Lipinski definition) is 1. The van der Waals surface area contributed by atoms with E-state index in [4.69, 9.17) is 0 Å². The molecule has 7 heteroatoms. The Kier molecular flexibility index (Phi) is 9.62. The molecular weight excluding hydrogens is 514 g/mol. The Hall–Kier alpha value is -2.96. The van der Waals surface area contributed by atoms with Crippen molar-refractivity contribution >= 4 is 5.57 Å². The molecule has 1 unspecified atom stereocenters. The third-order valence-electron chi connectivity index (χ3n) is 8.06. The Labute approximate surface area is 226 Å². The van der Waals surface area contributed by atoms with Gasteiger partial charge in [0.05, 0.1) is 6.08 Å². The maximum Gasteiger partial charge on any atom is 0.425 e. The molecule has 0 saturated heterocycles. The number of allylic oxidation sites excluding steroid dienone is 4. The van der Waals surface area contributed by atoms with Crippen molar-refractivity contribution in [1.82, 2.24) is 0 Å². The van der Waals surface area contributed by atoms with Gasteiger partial charge in [0.2, 0.25) is 0 Å². The second kappa shape index (κ2) is 12.9. The van der Waals surface area contributed by atoms with Gasteiger partial charge in [0.15, 0.2) is 17.4 Å². The molecule has 0 aromatic heterocycles. The lowest BCUT2D eigenvalue weighted by Crippen LogP contribution is -2.23. The standard InChI is InChI=1S/C32H34F6O/c1-2-3-4-5-21-6-8-22(9-7-21)23-10-12-24(13-11-23)25-14-16-26(17-15-25)27-18-28(33)31(29(34)19-27)39-32(37,38)20-30(35)36/h2-3,6-9,16,18-20,23-25H,4-5,10-15,17H2,1H3/b3-2+. The lowest BCUT2D eigenvalue weighted by molar-refractivity contribution is -0.137. The van der Waals surface area contributed by atoms with Crippen molar-refractivity contribution in [3.63, 3.8) is 0 Å². The van der Waals surface area contributed by atoms with Gasteiger partial charge < -0.3 is 4.74 Å². The minimum atomic E-state index is -4.53. The van der Waals surface area contributed by atoms with E-state index in [0.29, 0.717) is 24.2 Å². The monoisotopic (exact) mass is 548 g/mol. The second-order valence-corrected chi connectivity index (χ2v) is 10.6. The molecule has 0 aliphatic heterocycles. The predicted octanol–water partition coefficient (Wildman–Crippen LogP) is 10.4. The van der Waals surface area contributed by atoms with Crippen molar-refractivity contribution in [1.29, 1.82) is 0 Å². The third-order valence-corrected chi connectivity index (χ3v) is 8.06. The molecule has 0 amide bonds. The molecule has 1 fully saturated rings. The van der Waals surface area contributed by atoms with Crippen LogP contribution in [0.4, 0.5) is 26.3 Å². The van der Waals surface area contributed by atoms with Gasteiger partial charge in [0.25, 0.3) is 6.08 Å². The Morgan fingerprint density at radius 3 is 2.18 bits per heavy atom. The van der Waals surface area contributed by atoms with Crippen molar-refractivity contribution in [2.45, 2.75) is 76.7 Å². The van der Waals surface area contributed by atoms with Gasteiger partial charge in [-0.3, -0.25) is 0 Å². The van der Waals surface area contributed by atoms with Crippen LogP contribution in [0, 0.1) is 23.5 Å². The van der Waals surface area contributed by atoms with Crippen LogP contribution >= 0.6 is 0 Å². The van der Waals surface area contributed by atoms with Crippen LogP contribution in [0.5, 0.6) is 5.75 Å². The highest BCUT2D eigenvalue weighted by Gasteiger charge is 2.34. The van der Waals surface area contributed by atoms with E-state index in [1.54, 1.807) is 0 Å². The first-order valence-corrected chi connectivity index (χ1v) is 13.6. The minimum absolute atomic E-state index is 0.254. The summed E-state index contributed by atoms with van der Waals surface area (Å²) >= 11 is 0. The average molecular weight is 549 g/mol. The Balaban J connectivity index is 1.32. The molecule has 4 rings (SSSR count). The van der Waals surface area contributed by atoms with Crippen molar-refractivity contribution < 1.29 is 31.1 Å². The van der Waals surface area contributed by atoms with E-state index in [0.717, 1.165) is 69.1 Å². The van der Waals surface area contributed by atoms with Gasteiger partial charge in [0.1, 0.15) is 0 Å². The first-order valence-electron chi connectivity index (χ1n) is 13.6. The first-order chi connectivity index (χ1) is 18.6. The largest absolute Gasteiger partial charge is 0.425 e. The van der Waals surface area contributed by atoms with E-state index in [9.17, 15) is 26.3 Å². The maximum absolute atomic E-state index is 14.4. The second-order valence-electron chi connectivity index (χ2n) is 10.6. The van der Waals surface area contributed by atoms with Crippen molar-refractivity contribution in [2.24, 2.45) is 11.8 Å². The fraction of sp³-hybridized carbons (Fsp3) is 0.438. The molecule has 2 aromatic carbocycles. The molecule has 2 aliphatic rings. The number of aryl methyl sites for hydroxylation is 1. The minimum Gasteiger partial charge on any atom is -0.423 e. The van der Waals surface area contributed by atoms with E-state index >= 15 is 0 Å². The normalized spacial score (nSPS) is 22.0. The summed E-state index contributed by atoms with van der Waals surface area (Å²) in [5, 5.41) is 0. The van der Waals surface area contributed by atoms with Crippen LogP contribution in [0.2, 0.25) is 0 Å². The third kappa shape index (κ3) is 7.80. The van der Waals surface area contributed by atoms with Crippen LogP contribution in [-0.4, -0.2) is 6.11 Å². The van der Waals surface area contributed by atoms with Crippen molar-refractivity contribution in [2.75, 3.05) is 0 Å². The SMILES string of the molecule is C/C=C/CCc1ccc(C2CCC(C3CC=C(c4cc(F)c(OC(F)(F)C=C(F)F)c(F)c4)CC3)CC2)cc1. The summed E-state index contributed by atoms with van der Waals surface area (Å²) < 4.78 is 84.0. The molecule has 2 aliphatic carbocycles. The van der Waals surface area contributed by atoms with Crippen molar-refractivity contribution in [3.05, 3.63) is 95.1 Å². The molecule has 2 aromatic rings. The average Bonchev–Trinajstić information content (AvgIpc) is 2.91. The molecule has 210 valence electrons. The zero-order chi connectivity index (χ0) is 28.0. The van der Waals surface area contributed by atoms with E-state index in [2.05, 4.69) is 41.2 Å². The van der Waals surface area contributed by atoms with Gasteiger partial charge in [-0.25, -0.2) is 8.78 Å². The zero-order valence-electron chi connectivity index (χ0n) is 22.0. The van der Waals surface area contributed by atoms with Crippen LogP contribution in [0.1, 0.15) is 80.9 Å². The molecule has 1 atom stereocenters. The highest BCUT2D eigenvalue weighted by molar-refractivity contribution is 5.67. The highest BCUT2D eigenvalue weighted by Crippen LogP contribution is 2.44. The summed E-state index contributed by atoms with van der Waals surface area (Å²) in [6.45, 7) is 2.04. The summed E-state index contributed by atoms with van der Waals surface area (Å²) in [7, 11) is 0. The molecule has 0 spiro atoms. The van der Waals surface area contributed by atoms with Gasteiger partial charge in [-0.05, 0) is 117 Å². The molecule has 0 heterocycles. The zero-order valence-corrected chi connectivity index (χ0v) is 22.0. The number of benzene rings is 2. The molecular formula is C32H34F6O. The number of hydrogen-bond donors (Lipinski definition) is 0. The van der Waals surface area contributed by atoms with E-state index < -0.39 is 35.6 Å². The summed E-state index contributed by atoms with van der Waals surface area (Å²) in [5.74, 6) is -2.40. The van der Waals surface area contributed by atoms with Gasteiger partial charge in [-0.1, -0.05) is 42.5 Å². The Bertz CT molecular complexity index is 1180. The molecule has 0 N–H and O–H groups in total. The van der Waals surface area contributed by atoms with E-state index in [1.807, 2.05) is 13.0 Å². The first kappa shape index (κ1) is 29.0. The van der Waals surface area contributed by atoms with E-state index in [1.165, 1.54) is 11.1 Å². The molecule has 0 radical (unpaired) electrons. The summed E-state index contributed by atoms with van der Waals surface area (Å²) in [6.07, 6.45) is 7.25. The van der Waals surface area contributed by atoms with Crippen LogP contribution in [0.15, 0.2) is 66.8 Å². The fourth-order valence-electron chi connectivity index (χ4n) is 5.98. The fourth-order valence-corrected chi connectivity index (χ4v) is 5.98. The molecule has 1 nitrogen and oxygen atoms in total. The number of ether oxygens (including phenoxy) is 1. The van der Waals surface area contributed by atoms with Crippen LogP contribution in [-0.2, 0) is 6.42 Å². The van der Waals surface area contributed by atoms with Crippen LogP contribution in [0.3, 0.4) is 0 Å². The summed E-state index contributed by atoms with van der Waals surface area (Å²) in [6, 6.07) is 10.9. The quantitative estimate of drug-likeness (QED) is 0.224. The summed E-state index contributed by atoms with van der Waals surface area (Å²) in [5.41, 5.74) is 3.78. The lowest BCUT2D eigenvalue weighted by atomic mass is 9.70. The maximum atomic E-state index is 14.4. The van der Waals surface area contributed by atoms with E-state index in [-0.39, 0.29) is 5.56 Å². The number of rotatable bonds is 9. The van der Waals surface area contributed by atoms with Crippen molar-refractivity contribution in [3.8, 4) is 5.75 Å².